The standard InChI is InChI=1S/C18H21N3O/c22-18(16-12-19-8-9-20-16)11-15-6-7-17(13-18,21-15)10-14-4-2-1-3-5-14/h1-5,8-9,12,15,21-22H,6-7,10-11,13H2. The number of aliphatic hydroxyl groups is 1. The maximum atomic E-state index is 11.2. The molecule has 2 N–H and O–H groups in total. The van der Waals surface area contributed by atoms with Crippen molar-refractivity contribution in [3.05, 3.63) is 60.2 Å². The fourth-order valence-corrected chi connectivity index (χ4v) is 4.28. The van der Waals surface area contributed by atoms with Crippen LogP contribution in [0.4, 0.5) is 0 Å². The average Bonchev–Trinajstić information content (AvgIpc) is 2.84. The van der Waals surface area contributed by atoms with Gasteiger partial charge in [-0.2, -0.15) is 0 Å². The van der Waals surface area contributed by atoms with Crippen molar-refractivity contribution in [2.24, 2.45) is 0 Å². The van der Waals surface area contributed by atoms with E-state index >= 15 is 0 Å². The Morgan fingerprint density at radius 3 is 2.86 bits per heavy atom. The Labute approximate surface area is 130 Å². The van der Waals surface area contributed by atoms with E-state index in [1.165, 1.54) is 5.56 Å². The van der Waals surface area contributed by atoms with Gasteiger partial charge in [0.15, 0.2) is 0 Å². The molecule has 3 heterocycles. The minimum atomic E-state index is -0.866. The van der Waals surface area contributed by atoms with Gasteiger partial charge in [0.1, 0.15) is 5.60 Å². The molecule has 2 fully saturated rings. The first-order valence-corrected chi connectivity index (χ1v) is 7.98. The number of benzene rings is 1. The lowest BCUT2D eigenvalue weighted by molar-refractivity contribution is -0.0368. The molecule has 22 heavy (non-hydrogen) atoms. The van der Waals surface area contributed by atoms with Crippen molar-refractivity contribution in [2.75, 3.05) is 0 Å². The second-order valence-corrected chi connectivity index (χ2v) is 6.83. The van der Waals surface area contributed by atoms with Crippen LogP contribution in [0.3, 0.4) is 0 Å². The third-order valence-corrected chi connectivity index (χ3v) is 5.12. The maximum Gasteiger partial charge on any atom is 0.111 e. The molecular formula is C18H21N3O. The summed E-state index contributed by atoms with van der Waals surface area (Å²) in [4.78, 5) is 8.51. The molecule has 3 unspecified atom stereocenters. The van der Waals surface area contributed by atoms with Crippen LogP contribution in [-0.4, -0.2) is 26.7 Å². The molecule has 0 radical (unpaired) electrons. The summed E-state index contributed by atoms with van der Waals surface area (Å²) in [5.41, 5.74) is 1.13. The second-order valence-electron chi connectivity index (χ2n) is 6.83. The molecule has 0 saturated carbocycles. The summed E-state index contributed by atoms with van der Waals surface area (Å²) in [5, 5.41) is 15.0. The number of fused-ring (bicyclic) bond motifs is 2. The lowest BCUT2D eigenvalue weighted by Crippen LogP contribution is -2.56. The van der Waals surface area contributed by atoms with Gasteiger partial charge in [-0.3, -0.25) is 9.97 Å². The van der Waals surface area contributed by atoms with Crippen molar-refractivity contribution in [1.29, 1.82) is 0 Å². The molecule has 2 aliphatic heterocycles. The highest BCUT2D eigenvalue weighted by Crippen LogP contribution is 2.46. The summed E-state index contributed by atoms with van der Waals surface area (Å²) < 4.78 is 0. The van der Waals surface area contributed by atoms with E-state index in [1.807, 2.05) is 6.07 Å². The van der Waals surface area contributed by atoms with Crippen LogP contribution in [0.25, 0.3) is 0 Å². The zero-order valence-corrected chi connectivity index (χ0v) is 12.6. The number of aromatic nitrogens is 2. The molecule has 114 valence electrons. The normalized spacial score (nSPS) is 33.8. The highest BCUT2D eigenvalue weighted by molar-refractivity contribution is 5.24. The Balaban J connectivity index is 1.64. The average molecular weight is 295 g/mol. The number of hydrogen-bond donors (Lipinski definition) is 2. The molecule has 4 rings (SSSR count). The summed E-state index contributed by atoms with van der Waals surface area (Å²) in [7, 11) is 0. The number of nitrogens with zero attached hydrogens (tertiary/aromatic N) is 2. The van der Waals surface area contributed by atoms with Crippen LogP contribution >= 0.6 is 0 Å². The molecule has 1 aromatic carbocycles. The Hall–Kier alpha value is -1.78. The van der Waals surface area contributed by atoms with E-state index < -0.39 is 5.60 Å². The zero-order valence-electron chi connectivity index (χ0n) is 12.6. The van der Waals surface area contributed by atoms with Crippen LogP contribution in [0.5, 0.6) is 0 Å². The van der Waals surface area contributed by atoms with Crippen LogP contribution < -0.4 is 5.32 Å². The van der Waals surface area contributed by atoms with E-state index in [0.717, 1.165) is 25.7 Å². The van der Waals surface area contributed by atoms with E-state index in [9.17, 15) is 5.11 Å². The predicted octanol–water partition coefficient (Wildman–Crippen LogP) is 2.19. The van der Waals surface area contributed by atoms with Gasteiger partial charge in [-0.1, -0.05) is 30.3 Å². The molecule has 2 saturated heterocycles. The summed E-state index contributed by atoms with van der Waals surface area (Å²) in [6.45, 7) is 0. The summed E-state index contributed by atoms with van der Waals surface area (Å²) in [5.74, 6) is 0. The van der Waals surface area contributed by atoms with E-state index in [0.29, 0.717) is 18.2 Å². The number of piperidine rings is 1. The predicted molar refractivity (Wildman–Crippen MR) is 84.2 cm³/mol. The third kappa shape index (κ3) is 2.42. The van der Waals surface area contributed by atoms with Gasteiger partial charge in [0, 0.05) is 30.4 Å². The van der Waals surface area contributed by atoms with Crippen LogP contribution in [0.2, 0.25) is 0 Å². The number of rotatable bonds is 3. The van der Waals surface area contributed by atoms with Crippen LogP contribution in [0, 0.1) is 0 Å². The van der Waals surface area contributed by atoms with Gasteiger partial charge in [-0.15, -0.1) is 0 Å². The van der Waals surface area contributed by atoms with E-state index in [-0.39, 0.29) is 5.54 Å². The molecule has 2 aromatic rings. The van der Waals surface area contributed by atoms with E-state index in [2.05, 4.69) is 39.6 Å². The first kappa shape index (κ1) is 13.9. The smallest absolute Gasteiger partial charge is 0.111 e. The highest BCUT2D eigenvalue weighted by Gasteiger charge is 2.52. The summed E-state index contributed by atoms with van der Waals surface area (Å²) in [6, 6.07) is 10.9. The van der Waals surface area contributed by atoms with Crippen molar-refractivity contribution in [1.82, 2.24) is 15.3 Å². The van der Waals surface area contributed by atoms with E-state index in [4.69, 9.17) is 0 Å². The van der Waals surface area contributed by atoms with Crippen LogP contribution in [0.1, 0.15) is 36.9 Å². The van der Waals surface area contributed by atoms with Crippen molar-refractivity contribution in [3.63, 3.8) is 0 Å². The zero-order chi connectivity index (χ0) is 15.0. The lowest BCUT2D eigenvalue weighted by Gasteiger charge is -2.44. The minimum absolute atomic E-state index is 0.0312. The third-order valence-electron chi connectivity index (χ3n) is 5.12. The van der Waals surface area contributed by atoms with Crippen molar-refractivity contribution < 1.29 is 5.11 Å². The Bertz CT molecular complexity index is 648. The molecule has 4 nitrogen and oxygen atoms in total. The molecule has 0 spiro atoms. The number of nitrogens with one attached hydrogen (secondary N) is 1. The molecule has 3 atom stereocenters. The molecular weight excluding hydrogens is 274 g/mol. The van der Waals surface area contributed by atoms with Gasteiger partial charge in [0.05, 0.1) is 11.9 Å². The largest absolute Gasteiger partial charge is 0.383 e. The van der Waals surface area contributed by atoms with Gasteiger partial charge >= 0.3 is 0 Å². The van der Waals surface area contributed by atoms with Gasteiger partial charge < -0.3 is 10.4 Å². The summed E-state index contributed by atoms with van der Waals surface area (Å²) in [6.07, 6.45) is 9.63. The Morgan fingerprint density at radius 1 is 1.23 bits per heavy atom. The molecule has 2 bridgehead atoms. The molecule has 1 aromatic heterocycles. The fourth-order valence-electron chi connectivity index (χ4n) is 4.28. The van der Waals surface area contributed by atoms with Gasteiger partial charge in [-0.05, 0) is 31.2 Å². The quantitative estimate of drug-likeness (QED) is 0.911. The molecule has 0 aliphatic carbocycles. The van der Waals surface area contributed by atoms with Crippen LogP contribution in [0.15, 0.2) is 48.9 Å². The van der Waals surface area contributed by atoms with Crippen LogP contribution in [-0.2, 0) is 12.0 Å². The minimum Gasteiger partial charge on any atom is -0.383 e. The van der Waals surface area contributed by atoms with Gasteiger partial charge in [0.2, 0.25) is 0 Å². The maximum absolute atomic E-state index is 11.2. The topological polar surface area (TPSA) is 58.0 Å². The summed E-state index contributed by atoms with van der Waals surface area (Å²) >= 11 is 0. The fraction of sp³-hybridized carbons (Fsp3) is 0.444. The van der Waals surface area contributed by atoms with Crippen molar-refractivity contribution in [2.45, 2.75) is 49.3 Å². The van der Waals surface area contributed by atoms with Crippen molar-refractivity contribution in [3.8, 4) is 0 Å². The Kier molecular flexibility index (Phi) is 3.24. The van der Waals surface area contributed by atoms with E-state index in [1.54, 1.807) is 18.6 Å². The number of hydrogen-bond acceptors (Lipinski definition) is 4. The van der Waals surface area contributed by atoms with Gasteiger partial charge in [-0.25, -0.2) is 0 Å². The monoisotopic (exact) mass is 295 g/mol. The first-order chi connectivity index (χ1) is 10.7. The first-order valence-electron chi connectivity index (χ1n) is 7.98. The molecule has 0 amide bonds. The second kappa shape index (κ2) is 5.14. The lowest BCUT2D eigenvalue weighted by atomic mass is 9.75. The molecule has 4 heteroatoms. The SMILES string of the molecule is OC1(c2cnccn2)CC2CCC(Cc3ccccc3)(C1)N2. The van der Waals surface area contributed by atoms with Crippen molar-refractivity contribution >= 4 is 0 Å². The molecule has 2 aliphatic rings. The van der Waals surface area contributed by atoms with Gasteiger partial charge in [0.25, 0.3) is 0 Å². The highest BCUT2D eigenvalue weighted by atomic mass is 16.3. The Morgan fingerprint density at radius 2 is 2.09 bits per heavy atom.